The summed E-state index contributed by atoms with van der Waals surface area (Å²) in [5.41, 5.74) is 2.60. The lowest BCUT2D eigenvalue weighted by molar-refractivity contribution is 0.730. The van der Waals surface area contributed by atoms with Crippen LogP contribution in [0.2, 0.25) is 0 Å². The second-order valence-corrected chi connectivity index (χ2v) is 4.53. The fraction of sp³-hybridized carbons (Fsp3) is 0.385. The molecule has 0 aromatic carbocycles. The molecule has 1 saturated heterocycles. The zero-order valence-electron chi connectivity index (χ0n) is 10.8. The maximum absolute atomic E-state index is 4.74. The Balaban J connectivity index is 2.03. The molecule has 1 aliphatic rings. The highest BCUT2D eigenvalue weighted by Gasteiger charge is 2.20. The Morgan fingerprint density at radius 3 is 3.00 bits per heavy atom. The SMILES string of the molecule is CNc1ncc(C2CCNC2)nc1-c1ccncn1. The van der Waals surface area contributed by atoms with Crippen molar-refractivity contribution in [3.8, 4) is 11.4 Å². The van der Waals surface area contributed by atoms with Gasteiger partial charge in [-0.3, -0.25) is 0 Å². The molecular weight excluding hydrogens is 240 g/mol. The molecule has 0 bridgehead atoms. The minimum Gasteiger partial charge on any atom is -0.371 e. The first-order valence-corrected chi connectivity index (χ1v) is 6.40. The summed E-state index contributed by atoms with van der Waals surface area (Å²) in [6, 6.07) is 1.85. The predicted molar refractivity (Wildman–Crippen MR) is 72.8 cm³/mol. The van der Waals surface area contributed by atoms with Gasteiger partial charge in [0.05, 0.1) is 17.6 Å². The first-order valence-electron chi connectivity index (χ1n) is 6.40. The molecule has 1 aliphatic heterocycles. The van der Waals surface area contributed by atoms with Gasteiger partial charge in [-0.05, 0) is 19.0 Å². The van der Waals surface area contributed by atoms with E-state index in [0.717, 1.165) is 42.4 Å². The number of nitrogens with zero attached hydrogens (tertiary/aromatic N) is 4. The second kappa shape index (κ2) is 5.27. The molecule has 1 unspecified atom stereocenters. The molecule has 98 valence electrons. The summed E-state index contributed by atoms with van der Waals surface area (Å²) < 4.78 is 0. The fourth-order valence-electron chi connectivity index (χ4n) is 2.30. The number of hydrogen-bond acceptors (Lipinski definition) is 6. The summed E-state index contributed by atoms with van der Waals surface area (Å²) in [5, 5.41) is 6.41. The molecule has 2 aromatic heterocycles. The largest absolute Gasteiger partial charge is 0.371 e. The average Bonchev–Trinajstić information content (AvgIpc) is 3.02. The molecule has 19 heavy (non-hydrogen) atoms. The van der Waals surface area contributed by atoms with Crippen LogP contribution in [0.1, 0.15) is 18.0 Å². The quantitative estimate of drug-likeness (QED) is 0.855. The van der Waals surface area contributed by atoms with Crippen molar-refractivity contribution < 1.29 is 0 Å². The highest BCUT2D eigenvalue weighted by molar-refractivity contribution is 5.67. The third kappa shape index (κ3) is 2.39. The van der Waals surface area contributed by atoms with Crippen LogP contribution >= 0.6 is 0 Å². The summed E-state index contributed by atoms with van der Waals surface area (Å²) in [6.45, 7) is 2.01. The van der Waals surface area contributed by atoms with Gasteiger partial charge in [-0.25, -0.2) is 19.9 Å². The second-order valence-electron chi connectivity index (χ2n) is 4.53. The van der Waals surface area contributed by atoms with Gasteiger partial charge in [-0.15, -0.1) is 0 Å². The lowest BCUT2D eigenvalue weighted by Crippen LogP contribution is -2.10. The Morgan fingerprint density at radius 2 is 2.32 bits per heavy atom. The number of rotatable bonds is 3. The Hall–Kier alpha value is -2.08. The van der Waals surface area contributed by atoms with Gasteiger partial charge in [0.25, 0.3) is 0 Å². The van der Waals surface area contributed by atoms with E-state index in [-0.39, 0.29) is 0 Å². The first kappa shape index (κ1) is 12.0. The first-order chi connectivity index (χ1) is 9.38. The van der Waals surface area contributed by atoms with Crippen LogP contribution in [0.15, 0.2) is 24.8 Å². The van der Waals surface area contributed by atoms with Gasteiger partial charge in [0, 0.05) is 25.7 Å². The van der Waals surface area contributed by atoms with Gasteiger partial charge in [-0.2, -0.15) is 0 Å². The number of aromatic nitrogens is 4. The van der Waals surface area contributed by atoms with Crippen molar-refractivity contribution in [3.63, 3.8) is 0 Å². The molecule has 0 saturated carbocycles. The molecule has 2 aromatic rings. The molecular formula is C13H16N6. The van der Waals surface area contributed by atoms with E-state index in [0.29, 0.717) is 5.92 Å². The molecule has 6 nitrogen and oxygen atoms in total. The van der Waals surface area contributed by atoms with Gasteiger partial charge in [0.15, 0.2) is 5.82 Å². The van der Waals surface area contributed by atoms with Gasteiger partial charge in [0.1, 0.15) is 12.0 Å². The molecule has 0 spiro atoms. The summed E-state index contributed by atoms with van der Waals surface area (Å²) in [7, 11) is 1.84. The van der Waals surface area contributed by atoms with Crippen molar-refractivity contribution in [3.05, 3.63) is 30.5 Å². The maximum Gasteiger partial charge on any atom is 0.153 e. The summed E-state index contributed by atoms with van der Waals surface area (Å²) in [5.74, 6) is 1.19. The van der Waals surface area contributed by atoms with Crippen molar-refractivity contribution in [1.29, 1.82) is 0 Å². The molecule has 3 rings (SSSR count). The normalized spacial score (nSPS) is 18.5. The van der Waals surface area contributed by atoms with E-state index in [9.17, 15) is 0 Å². The van der Waals surface area contributed by atoms with Crippen molar-refractivity contribution in [2.75, 3.05) is 25.5 Å². The van der Waals surface area contributed by atoms with Crippen LogP contribution < -0.4 is 10.6 Å². The van der Waals surface area contributed by atoms with Crippen LogP contribution in [-0.2, 0) is 0 Å². The summed E-state index contributed by atoms with van der Waals surface area (Å²) >= 11 is 0. The van der Waals surface area contributed by atoms with Crippen LogP contribution in [-0.4, -0.2) is 40.1 Å². The van der Waals surface area contributed by atoms with Gasteiger partial charge >= 0.3 is 0 Å². The summed E-state index contributed by atoms with van der Waals surface area (Å²) in [4.78, 5) is 17.4. The van der Waals surface area contributed by atoms with Crippen LogP contribution in [0, 0.1) is 0 Å². The Morgan fingerprint density at radius 1 is 1.37 bits per heavy atom. The van der Waals surface area contributed by atoms with E-state index in [1.807, 2.05) is 19.3 Å². The van der Waals surface area contributed by atoms with E-state index in [4.69, 9.17) is 4.98 Å². The standard InChI is InChI=1S/C13H16N6/c1-14-13-12(10-3-5-16-8-18-10)19-11(7-17-13)9-2-4-15-6-9/h3,5,7-9,15H,2,4,6H2,1H3,(H,14,17). The molecule has 1 fully saturated rings. The third-order valence-corrected chi connectivity index (χ3v) is 3.33. The Kier molecular flexibility index (Phi) is 3.33. The smallest absolute Gasteiger partial charge is 0.153 e. The van der Waals surface area contributed by atoms with Crippen LogP contribution in [0.4, 0.5) is 5.82 Å². The topological polar surface area (TPSA) is 75.6 Å². The molecule has 3 heterocycles. The predicted octanol–water partition coefficient (Wildman–Crippen LogP) is 1.05. The van der Waals surface area contributed by atoms with Crippen molar-refractivity contribution in [2.45, 2.75) is 12.3 Å². The van der Waals surface area contributed by atoms with E-state index in [1.54, 1.807) is 6.20 Å². The highest BCUT2D eigenvalue weighted by atomic mass is 15.0. The van der Waals surface area contributed by atoms with Gasteiger partial charge in [-0.1, -0.05) is 0 Å². The van der Waals surface area contributed by atoms with E-state index >= 15 is 0 Å². The molecule has 0 amide bonds. The minimum absolute atomic E-state index is 0.444. The molecule has 0 radical (unpaired) electrons. The molecule has 1 atom stereocenters. The monoisotopic (exact) mass is 256 g/mol. The van der Waals surface area contributed by atoms with E-state index in [2.05, 4.69) is 25.6 Å². The maximum atomic E-state index is 4.74. The van der Waals surface area contributed by atoms with Crippen molar-refractivity contribution in [1.82, 2.24) is 25.3 Å². The molecule has 0 aliphatic carbocycles. The Bertz CT molecular complexity index is 550. The lowest BCUT2D eigenvalue weighted by Gasteiger charge is -2.12. The lowest BCUT2D eigenvalue weighted by atomic mass is 10.1. The zero-order chi connectivity index (χ0) is 13.1. The fourth-order valence-corrected chi connectivity index (χ4v) is 2.30. The molecule has 6 heteroatoms. The van der Waals surface area contributed by atoms with Crippen LogP contribution in [0.25, 0.3) is 11.4 Å². The van der Waals surface area contributed by atoms with Crippen molar-refractivity contribution >= 4 is 5.82 Å². The Labute approximate surface area is 111 Å². The average molecular weight is 256 g/mol. The highest BCUT2D eigenvalue weighted by Crippen LogP contribution is 2.26. The van der Waals surface area contributed by atoms with Crippen molar-refractivity contribution in [2.24, 2.45) is 0 Å². The number of nitrogens with one attached hydrogen (secondary N) is 2. The number of anilines is 1. The summed E-state index contributed by atoms with van der Waals surface area (Å²) in [6.07, 6.45) is 6.21. The minimum atomic E-state index is 0.444. The molecule has 2 N–H and O–H groups in total. The van der Waals surface area contributed by atoms with Gasteiger partial charge < -0.3 is 10.6 Å². The van der Waals surface area contributed by atoms with Crippen LogP contribution in [0.3, 0.4) is 0 Å². The third-order valence-electron chi connectivity index (χ3n) is 3.33. The van der Waals surface area contributed by atoms with Crippen LogP contribution in [0.5, 0.6) is 0 Å². The van der Waals surface area contributed by atoms with Gasteiger partial charge in [0.2, 0.25) is 0 Å². The van der Waals surface area contributed by atoms with E-state index in [1.165, 1.54) is 6.33 Å². The van der Waals surface area contributed by atoms with E-state index < -0.39 is 0 Å². The zero-order valence-corrected chi connectivity index (χ0v) is 10.8. The number of hydrogen-bond donors (Lipinski definition) is 2.